The predicted molar refractivity (Wildman–Crippen MR) is 53.3 cm³/mol. The summed E-state index contributed by atoms with van der Waals surface area (Å²) in [6.45, 7) is 1.98. The Balaban J connectivity index is 2.86. The predicted octanol–water partition coefficient (Wildman–Crippen LogP) is 2.25. The fourth-order valence-electron chi connectivity index (χ4n) is 1.74. The summed E-state index contributed by atoms with van der Waals surface area (Å²) in [6.07, 6.45) is 6.08. The third-order valence-electron chi connectivity index (χ3n) is 2.43. The van der Waals surface area contributed by atoms with E-state index in [0.717, 1.165) is 18.5 Å². The van der Waals surface area contributed by atoms with Gasteiger partial charge in [0.05, 0.1) is 0 Å². The molecule has 1 rings (SSSR count). The van der Waals surface area contributed by atoms with Gasteiger partial charge in [0.2, 0.25) is 0 Å². The molecule has 1 aliphatic carbocycles. The molecule has 0 aliphatic heterocycles. The van der Waals surface area contributed by atoms with Gasteiger partial charge in [-0.25, -0.2) is 0 Å². The molecule has 0 atom stereocenters. The van der Waals surface area contributed by atoms with Crippen LogP contribution in [0.3, 0.4) is 0 Å². The SMILES string of the molecule is CN=C1CCCCCC1=C(C)N. The zero-order valence-corrected chi connectivity index (χ0v) is 8.06. The Morgan fingerprint density at radius 3 is 2.50 bits per heavy atom. The lowest BCUT2D eigenvalue weighted by atomic mass is 10.0. The Morgan fingerprint density at radius 2 is 1.92 bits per heavy atom. The van der Waals surface area contributed by atoms with Crippen molar-refractivity contribution in [2.75, 3.05) is 7.05 Å². The molecular formula is C10H18N2. The van der Waals surface area contributed by atoms with Gasteiger partial charge < -0.3 is 5.73 Å². The molecule has 1 saturated carbocycles. The molecule has 0 bridgehead atoms. The molecule has 0 saturated heterocycles. The summed E-state index contributed by atoms with van der Waals surface area (Å²) in [4.78, 5) is 4.29. The maximum Gasteiger partial charge on any atom is 0.0393 e. The average Bonchev–Trinajstić information content (AvgIpc) is 2.27. The van der Waals surface area contributed by atoms with Crippen molar-refractivity contribution in [3.05, 3.63) is 11.3 Å². The van der Waals surface area contributed by atoms with Crippen molar-refractivity contribution in [2.24, 2.45) is 10.7 Å². The van der Waals surface area contributed by atoms with Crippen molar-refractivity contribution < 1.29 is 0 Å². The van der Waals surface area contributed by atoms with Crippen LogP contribution >= 0.6 is 0 Å². The molecule has 2 heteroatoms. The Hall–Kier alpha value is -0.790. The first-order valence-electron chi connectivity index (χ1n) is 4.67. The van der Waals surface area contributed by atoms with E-state index in [1.54, 1.807) is 0 Å². The van der Waals surface area contributed by atoms with Crippen LogP contribution < -0.4 is 5.73 Å². The van der Waals surface area contributed by atoms with Crippen LogP contribution in [0, 0.1) is 0 Å². The molecule has 0 unspecified atom stereocenters. The van der Waals surface area contributed by atoms with E-state index in [1.165, 1.54) is 30.5 Å². The van der Waals surface area contributed by atoms with E-state index >= 15 is 0 Å². The van der Waals surface area contributed by atoms with Gasteiger partial charge in [0.1, 0.15) is 0 Å². The van der Waals surface area contributed by atoms with Crippen molar-refractivity contribution in [1.82, 2.24) is 0 Å². The van der Waals surface area contributed by atoms with E-state index in [4.69, 9.17) is 5.73 Å². The lowest BCUT2D eigenvalue weighted by molar-refractivity contribution is 0.723. The second-order valence-electron chi connectivity index (χ2n) is 3.39. The summed E-state index contributed by atoms with van der Waals surface area (Å²) in [5.41, 5.74) is 9.29. The lowest BCUT2D eigenvalue weighted by Gasteiger charge is -2.07. The molecule has 0 heterocycles. The van der Waals surface area contributed by atoms with Crippen LogP contribution in [0.25, 0.3) is 0 Å². The van der Waals surface area contributed by atoms with Gasteiger partial charge in [0.15, 0.2) is 0 Å². The van der Waals surface area contributed by atoms with Gasteiger partial charge in [-0.05, 0) is 38.2 Å². The first-order valence-corrected chi connectivity index (χ1v) is 4.67. The average molecular weight is 166 g/mol. The molecule has 0 radical (unpaired) electrons. The number of nitrogens with zero attached hydrogens (tertiary/aromatic N) is 1. The van der Waals surface area contributed by atoms with Gasteiger partial charge in [0, 0.05) is 18.5 Å². The van der Waals surface area contributed by atoms with Crippen molar-refractivity contribution in [3.63, 3.8) is 0 Å². The highest BCUT2D eigenvalue weighted by atomic mass is 14.7. The van der Waals surface area contributed by atoms with Gasteiger partial charge in [-0.1, -0.05) is 6.42 Å². The number of hydrogen-bond donors (Lipinski definition) is 1. The Kier molecular flexibility index (Phi) is 3.32. The number of allylic oxidation sites excluding steroid dienone is 2. The zero-order valence-electron chi connectivity index (χ0n) is 8.06. The van der Waals surface area contributed by atoms with E-state index in [1.807, 2.05) is 14.0 Å². The van der Waals surface area contributed by atoms with Gasteiger partial charge in [-0.15, -0.1) is 0 Å². The van der Waals surface area contributed by atoms with Crippen molar-refractivity contribution >= 4 is 5.71 Å². The molecule has 12 heavy (non-hydrogen) atoms. The summed E-state index contributed by atoms with van der Waals surface area (Å²) in [7, 11) is 1.86. The number of nitrogens with two attached hydrogens (primary N) is 1. The highest BCUT2D eigenvalue weighted by molar-refractivity contribution is 6.00. The van der Waals surface area contributed by atoms with Crippen molar-refractivity contribution in [1.29, 1.82) is 0 Å². The maximum atomic E-state index is 5.80. The Labute approximate surface area is 74.6 Å². The van der Waals surface area contributed by atoms with Crippen LogP contribution in [0.2, 0.25) is 0 Å². The van der Waals surface area contributed by atoms with Gasteiger partial charge in [0.25, 0.3) is 0 Å². The summed E-state index contributed by atoms with van der Waals surface area (Å²) in [5.74, 6) is 0. The first-order chi connectivity index (χ1) is 5.75. The van der Waals surface area contributed by atoms with E-state index < -0.39 is 0 Å². The molecule has 2 nitrogen and oxygen atoms in total. The largest absolute Gasteiger partial charge is 0.402 e. The Bertz CT molecular complexity index is 210. The monoisotopic (exact) mass is 166 g/mol. The van der Waals surface area contributed by atoms with E-state index in [2.05, 4.69) is 4.99 Å². The molecule has 0 aromatic carbocycles. The highest BCUT2D eigenvalue weighted by Gasteiger charge is 2.12. The molecule has 0 amide bonds. The third kappa shape index (κ3) is 2.10. The second kappa shape index (κ2) is 4.29. The van der Waals surface area contributed by atoms with Gasteiger partial charge in [-0.3, -0.25) is 4.99 Å². The molecule has 0 aromatic heterocycles. The summed E-state index contributed by atoms with van der Waals surface area (Å²) < 4.78 is 0. The zero-order chi connectivity index (χ0) is 8.97. The minimum absolute atomic E-state index is 0.956. The van der Waals surface area contributed by atoms with Gasteiger partial charge in [-0.2, -0.15) is 0 Å². The smallest absolute Gasteiger partial charge is 0.0393 e. The number of rotatable bonds is 0. The fourth-order valence-corrected chi connectivity index (χ4v) is 1.74. The number of aliphatic imine (C=N–C) groups is 1. The quantitative estimate of drug-likeness (QED) is 0.551. The summed E-state index contributed by atoms with van der Waals surface area (Å²) >= 11 is 0. The van der Waals surface area contributed by atoms with Crippen molar-refractivity contribution in [2.45, 2.75) is 39.0 Å². The van der Waals surface area contributed by atoms with Crippen LogP contribution in [0.4, 0.5) is 0 Å². The molecular weight excluding hydrogens is 148 g/mol. The highest BCUT2D eigenvalue weighted by Crippen LogP contribution is 2.21. The molecule has 68 valence electrons. The normalized spacial score (nSPS) is 27.0. The second-order valence-corrected chi connectivity index (χ2v) is 3.39. The minimum atomic E-state index is 0.956. The fraction of sp³-hybridized carbons (Fsp3) is 0.700. The maximum absolute atomic E-state index is 5.80. The Morgan fingerprint density at radius 1 is 1.25 bits per heavy atom. The van der Waals surface area contributed by atoms with Gasteiger partial charge >= 0.3 is 0 Å². The third-order valence-corrected chi connectivity index (χ3v) is 2.43. The minimum Gasteiger partial charge on any atom is -0.402 e. The van der Waals surface area contributed by atoms with E-state index in [0.29, 0.717) is 0 Å². The van der Waals surface area contributed by atoms with Crippen LogP contribution in [0.15, 0.2) is 16.3 Å². The first kappa shape index (κ1) is 9.30. The molecule has 0 aromatic rings. The number of hydrogen-bond acceptors (Lipinski definition) is 2. The summed E-state index contributed by atoms with van der Waals surface area (Å²) in [5, 5.41) is 0. The summed E-state index contributed by atoms with van der Waals surface area (Å²) in [6, 6.07) is 0. The lowest BCUT2D eigenvalue weighted by Crippen LogP contribution is -2.07. The van der Waals surface area contributed by atoms with E-state index in [-0.39, 0.29) is 0 Å². The molecule has 1 fully saturated rings. The standard InChI is InChI=1S/C10H18N2/c1-8(11)9-6-4-3-5-7-10(9)12-2/h3-7,11H2,1-2H3. The molecule has 1 aliphatic rings. The van der Waals surface area contributed by atoms with Crippen LogP contribution in [-0.2, 0) is 0 Å². The van der Waals surface area contributed by atoms with Crippen molar-refractivity contribution in [3.8, 4) is 0 Å². The van der Waals surface area contributed by atoms with Crippen LogP contribution in [0.5, 0.6) is 0 Å². The molecule has 0 spiro atoms. The molecule has 2 N–H and O–H groups in total. The van der Waals surface area contributed by atoms with E-state index in [9.17, 15) is 0 Å². The van der Waals surface area contributed by atoms with Crippen LogP contribution in [0.1, 0.15) is 39.0 Å². The topological polar surface area (TPSA) is 38.4 Å². The van der Waals surface area contributed by atoms with Crippen LogP contribution in [-0.4, -0.2) is 12.8 Å².